The smallest absolute Gasteiger partial charge is 0.280 e. The van der Waals surface area contributed by atoms with E-state index in [1.165, 1.54) is 13.1 Å². The average molecular weight is 446 g/mol. The summed E-state index contributed by atoms with van der Waals surface area (Å²) in [6.45, 7) is 4.43. The van der Waals surface area contributed by atoms with Gasteiger partial charge in [0, 0.05) is 30.4 Å². The molecule has 0 bridgehead atoms. The molecule has 2 heterocycles. The number of carbonyl (C=O) groups excluding carboxylic acids is 1. The van der Waals surface area contributed by atoms with Crippen molar-refractivity contribution in [1.29, 1.82) is 0 Å². The molecule has 1 fully saturated rings. The van der Waals surface area contributed by atoms with Gasteiger partial charge in [0.1, 0.15) is 6.04 Å². The van der Waals surface area contributed by atoms with Gasteiger partial charge in [-0.3, -0.25) is 9.48 Å². The Hall–Kier alpha value is -1.65. The highest BCUT2D eigenvalue weighted by Crippen LogP contribution is 2.31. The second kappa shape index (κ2) is 8.00. The molecule has 1 aromatic heterocycles. The third kappa shape index (κ3) is 4.18. The average Bonchev–Trinajstić information content (AvgIpc) is 3.00. The highest BCUT2D eigenvalue weighted by Gasteiger charge is 2.41. The Labute approximate surface area is 174 Å². The first-order valence-corrected chi connectivity index (χ1v) is 10.9. The molecule has 1 aromatic carbocycles. The Kier molecular flexibility index (Phi) is 6.02. The van der Waals surface area contributed by atoms with E-state index in [2.05, 4.69) is 15.1 Å². The van der Waals surface area contributed by atoms with Crippen molar-refractivity contribution in [3.63, 3.8) is 0 Å². The summed E-state index contributed by atoms with van der Waals surface area (Å²) in [5, 5.41) is 7.77. The Morgan fingerprint density at radius 1 is 1.39 bits per heavy atom. The summed E-state index contributed by atoms with van der Waals surface area (Å²) >= 11 is 12.0. The van der Waals surface area contributed by atoms with Gasteiger partial charge in [0.05, 0.1) is 22.4 Å². The Balaban J connectivity index is 1.88. The molecule has 1 aliphatic heterocycles. The van der Waals surface area contributed by atoms with Crippen molar-refractivity contribution in [1.82, 2.24) is 18.8 Å². The predicted molar refractivity (Wildman–Crippen MR) is 109 cm³/mol. The van der Waals surface area contributed by atoms with E-state index in [-0.39, 0.29) is 11.4 Å². The summed E-state index contributed by atoms with van der Waals surface area (Å²) in [4.78, 5) is 12.9. The lowest BCUT2D eigenvalue weighted by molar-refractivity contribution is -0.120. The van der Waals surface area contributed by atoms with Gasteiger partial charge in [-0.1, -0.05) is 23.2 Å². The number of likely N-dealkylation sites (N-methyl/N-ethyl adjacent to an activating group) is 1. The molecule has 28 heavy (non-hydrogen) atoms. The summed E-state index contributed by atoms with van der Waals surface area (Å²) in [5.41, 5.74) is 1.84. The molecular formula is C17H21Cl2N5O3S. The van der Waals surface area contributed by atoms with Gasteiger partial charge < -0.3 is 5.32 Å². The number of nitrogens with one attached hydrogen (secondary N) is 2. The molecule has 11 heteroatoms. The van der Waals surface area contributed by atoms with Crippen molar-refractivity contribution in [2.45, 2.75) is 38.9 Å². The van der Waals surface area contributed by atoms with Crippen LogP contribution >= 0.6 is 23.2 Å². The van der Waals surface area contributed by atoms with Crippen molar-refractivity contribution in [3.8, 4) is 0 Å². The molecule has 0 spiro atoms. The minimum atomic E-state index is -3.84. The van der Waals surface area contributed by atoms with Gasteiger partial charge in [-0.15, -0.1) is 0 Å². The maximum atomic E-state index is 12.9. The van der Waals surface area contributed by atoms with Crippen LogP contribution in [0.3, 0.4) is 0 Å². The minimum Gasteiger partial charge on any atom is -0.323 e. The van der Waals surface area contributed by atoms with Crippen LogP contribution in [0.15, 0.2) is 24.4 Å². The maximum absolute atomic E-state index is 12.9. The normalized spacial score (nSPS) is 22.2. The number of aryl methyl sites for hydroxylation is 2. The summed E-state index contributed by atoms with van der Waals surface area (Å²) in [6.07, 6.45) is 2.06. The lowest BCUT2D eigenvalue weighted by atomic mass is 10.00. The Morgan fingerprint density at radius 2 is 2.11 bits per heavy atom. The van der Waals surface area contributed by atoms with Gasteiger partial charge >= 0.3 is 0 Å². The number of carbonyl (C=O) groups is 1. The standard InChI is InChI=1S/C17H21Cl2N5O3S/c1-4-24-9-12(10(2)21-24)15-8-16(23(3)28(26,27)22-15)17(25)20-14-6-5-11(18)7-13(14)19/h5-7,9,15-16,22H,4,8H2,1-3H3,(H,20,25). The van der Waals surface area contributed by atoms with Crippen LogP contribution in [0.1, 0.15) is 30.6 Å². The largest absolute Gasteiger partial charge is 0.323 e. The zero-order valence-electron chi connectivity index (χ0n) is 15.6. The molecule has 2 N–H and O–H groups in total. The van der Waals surface area contributed by atoms with Gasteiger partial charge in [0.2, 0.25) is 5.91 Å². The number of aromatic nitrogens is 2. The number of nitrogens with zero attached hydrogens (tertiary/aromatic N) is 3. The molecule has 152 valence electrons. The third-order valence-corrected chi connectivity index (χ3v) is 6.89. The molecule has 2 atom stereocenters. The van der Waals surface area contributed by atoms with Crippen molar-refractivity contribution >= 4 is 45.0 Å². The number of anilines is 1. The first-order chi connectivity index (χ1) is 13.1. The second-order valence-corrected chi connectivity index (χ2v) is 9.19. The zero-order chi connectivity index (χ0) is 20.6. The van der Waals surface area contributed by atoms with Crippen LogP contribution in [0.25, 0.3) is 0 Å². The molecule has 2 aromatic rings. The van der Waals surface area contributed by atoms with Gasteiger partial charge in [-0.25, -0.2) is 0 Å². The van der Waals surface area contributed by atoms with Crippen molar-refractivity contribution < 1.29 is 13.2 Å². The quantitative estimate of drug-likeness (QED) is 0.755. The van der Waals surface area contributed by atoms with E-state index in [4.69, 9.17) is 23.2 Å². The molecule has 1 saturated heterocycles. The highest BCUT2D eigenvalue weighted by atomic mass is 35.5. The molecule has 3 rings (SSSR count). The fraction of sp³-hybridized carbons (Fsp3) is 0.412. The van der Waals surface area contributed by atoms with Gasteiger partial charge in [-0.05, 0) is 38.5 Å². The molecule has 1 aliphatic rings. The fourth-order valence-electron chi connectivity index (χ4n) is 3.16. The molecular weight excluding hydrogens is 425 g/mol. The summed E-state index contributed by atoms with van der Waals surface area (Å²) in [6, 6.07) is 3.21. The third-order valence-electron chi connectivity index (χ3n) is 4.74. The van der Waals surface area contributed by atoms with E-state index in [0.717, 1.165) is 15.6 Å². The van der Waals surface area contributed by atoms with Crippen LogP contribution in [0, 0.1) is 6.92 Å². The van der Waals surface area contributed by atoms with Crippen LogP contribution in [-0.4, -0.2) is 41.5 Å². The van der Waals surface area contributed by atoms with Gasteiger partial charge in [0.15, 0.2) is 0 Å². The Bertz CT molecular complexity index is 1010. The summed E-state index contributed by atoms with van der Waals surface area (Å²) < 4.78 is 30.6. The van der Waals surface area contributed by atoms with E-state index in [1.807, 2.05) is 13.8 Å². The van der Waals surface area contributed by atoms with Crippen LogP contribution in [0.4, 0.5) is 5.69 Å². The molecule has 1 amide bonds. The Morgan fingerprint density at radius 3 is 2.71 bits per heavy atom. The molecule has 0 saturated carbocycles. The predicted octanol–water partition coefficient (Wildman–Crippen LogP) is 2.74. The van der Waals surface area contributed by atoms with E-state index < -0.39 is 28.2 Å². The van der Waals surface area contributed by atoms with E-state index in [9.17, 15) is 13.2 Å². The van der Waals surface area contributed by atoms with E-state index >= 15 is 0 Å². The zero-order valence-corrected chi connectivity index (χ0v) is 17.9. The number of hydrogen-bond donors (Lipinski definition) is 2. The van der Waals surface area contributed by atoms with Crippen molar-refractivity contribution in [3.05, 3.63) is 45.7 Å². The number of halogens is 2. The van der Waals surface area contributed by atoms with Crippen molar-refractivity contribution in [2.75, 3.05) is 12.4 Å². The summed E-state index contributed by atoms with van der Waals surface area (Å²) in [5.74, 6) is -0.470. The highest BCUT2D eigenvalue weighted by molar-refractivity contribution is 7.87. The van der Waals surface area contributed by atoms with Gasteiger partial charge in [0.25, 0.3) is 10.2 Å². The molecule has 0 radical (unpaired) electrons. The number of rotatable bonds is 4. The minimum absolute atomic E-state index is 0.253. The maximum Gasteiger partial charge on any atom is 0.280 e. The monoisotopic (exact) mass is 445 g/mol. The number of hydrogen-bond acceptors (Lipinski definition) is 4. The van der Waals surface area contributed by atoms with E-state index in [1.54, 1.807) is 23.0 Å². The van der Waals surface area contributed by atoms with Crippen LogP contribution in [-0.2, 0) is 21.5 Å². The first-order valence-electron chi connectivity index (χ1n) is 8.67. The molecule has 8 nitrogen and oxygen atoms in total. The topological polar surface area (TPSA) is 96.3 Å². The lowest BCUT2D eigenvalue weighted by Crippen LogP contribution is -2.56. The van der Waals surface area contributed by atoms with Crippen LogP contribution in [0.5, 0.6) is 0 Å². The van der Waals surface area contributed by atoms with Crippen LogP contribution < -0.4 is 10.0 Å². The lowest BCUT2D eigenvalue weighted by Gasteiger charge is -2.36. The van der Waals surface area contributed by atoms with Crippen molar-refractivity contribution in [2.24, 2.45) is 0 Å². The molecule has 2 unspecified atom stereocenters. The number of benzene rings is 1. The summed E-state index contributed by atoms with van der Waals surface area (Å²) in [7, 11) is -2.48. The molecule has 0 aliphatic carbocycles. The van der Waals surface area contributed by atoms with Crippen LogP contribution in [0.2, 0.25) is 10.0 Å². The van der Waals surface area contributed by atoms with Gasteiger partial charge in [-0.2, -0.15) is 22.5 Å². The number of amides is 1. The first kappa shape index (κ1) is 21.1. The van der Waals surface area contributed by atoms with E-state index in [0.29, 0.717) is 17.3 Å². The fourth-order valence-corrected chi connectivity index (χ4v) is 4.88. The SMILES string of the molecule is CCn1cc(C2CC(C(=O)Nc3ccc(Cl)cc3Cl)N(C)S(=O)(=O)N2)c(C)n1. The second-order valence-electron chi connectivity index (χ2n) is 6.58.